The van der Waals surface area contributed by atoms with E-state index in [-0.39, 0.29) is 6.54 Å². The van der Waals surface area contributed by atoms with E-state index in [4.69, 9.17) is 10.5 Å². The third kappa shape index (κ3) is 6.10. The smallest absolute Gasteiger partial charge is 0.309 e. The molecule has 0 amide bonds. The number of benzene rings is 1. The topological polar surface area (TPSA) is 109 Å². The van der Waals surface area contributed by atoms with Gasteiger partial charge in [-0.05, 0) is 80.9 Å². The van der Waals surface area contributed by atoms with Crippen LogP contribution in [-0.2, 0) is 11.3 Å². The van der Waals surface area contributed by atoms with Gasteiger partial charge in [-0.2, -0.15) is 11.8 Å². The highest BCUT2D eigenvalue weighted by atomic mass is 32.2. The number of aliphatic hydroxyl groups excluding tert-OH is 1. The highest BCUT2D eigenvalue weighted by Gasteiger charge is 2.41. The summed E-state index contributed by atoms with van der Waals surface area (Å²) in [5.74, 6) is 1.07. The molecule has 2 aromatic rings. The third-order valence-electron chi connectivity index (χ3n) is 7.98. The number of piperidine rings is 1. The number of carbonyl (C=O) groups is 1. The quantitative estimate of drug-likeness (QED) is 0.417. The van der Waals surface area contributed by atoms with Crippen molar-refractivity contribution < 1.29 is 19.7 Å². The van der Waals surface area contributed by atoms with Crippen LogP contribution in [0.5, 0.6) is 5.75 Å². The van der Waals surface area contributed by atoms with Crippen LogP contribution in [0, 0.1) is 5.41 Å². The van der Waals surface area contributed by atoms with Crippen molar-refractivity contribution in [2.45, 2.75) is 69.3 Å². The molecule has 1 saturated heterocycles. The van der Waals surface area contributed by atoms with Crippen molar-refractivity contribution in [2.24, 2.45) is 11.1 Å². The van der Waals surface area contributed by atoms with Crippen molar-refractivity contribution in [1.29, 1.82) is 0 Å². The summed E-state index contributed by atoms with van der Waals surface area (Å²) < 4.78 is 5.38. The summed E-state index contributed by atoms with van der Waals surface area (Å²) in [6, 6.07) is 5.58. The number of methoxy groups -OCH3 is 1. The van der Waals surface area contributed by atoms with Gasteiger partial charge in [0.25, 0.3) is 0 Å². The Bertz CT molecular complexity index is 998. The Hall–Kier alpha value is -1.87. The summed E-state index contributed by atoms with van der Waals surface area (Å²) in [6.07, 6.45) is 8.37. The predicted molar refractivity (Wildman–Crippen MR) is 141 cm³/mol. The number of aromatic nitrogens is 1. The van der Waals surface area contributed by atoms with Crippen LogP contribution in [0.3, 0.4) is 0 Å². The zero-order valence-corrected chi connectivity index (χ0v) is 21.6. The number of aliphatic carboxylic acids is 1. The maximum atomic E-state index is 12.4. The monoisotopic (exact) mass is 501 g/mol. The second kappa shape index (κ2) is 11.9. The van der Waals surface area contributed by atoms with Gasteiger partial charge in [-0.15, -0.1) is 0 Å². The summed E-state index contributed by atoms with van der Waals surface area (Å²) in [7, 11) is 1.61. The molecule has 0 bridgehead atoms. The zero-order valence-electron chi connectivity index (χ0n) is 20.7. The number of ether oxygens (including phenoxy) is 1. The first-order valence-corrected chi connectivity index (χ1v) is 13.9. The van der Waals surface area contributed by atoms with Gasteiger partial charge < -0.3 is 25.6 Å². The van der Waals surface area contributed by atoms with Crippen molar-refractivity contribution in [3.8, 4) is 5.75 Å². The lowest BCUT2D eigenvalue weighted by atomic mass is 9.74. The number of aliphatic hydroxyl groups is 1. The van der Waals surface area contributed by atoms with E-state index in [0.717, 1.165) is 52.7 Å². The van der Waals surface area contributed by atoms with Crippen LogP contribution < -0.4 is 10.5 Å². The number of likely N-dealkylation sites (tertiary alicyclic amines) is 1. The number of fused-ring (bicyclic) bond motifs is 1. The third-order valence-corrected chi connectivity index (χ3v) is 9.34. The fraction of sp³-hybridized carbons (Fsp3) is 0.630. The second-order valence-electron chi connectivity index (χ2n) is 10.0. The van der Waals surface area contributed by atoms with Crippen molar-refractivity contribution >= 4 is 28.6 Å². The van der Waals surface area contributed by atoms with Crippen LogP contribution in [0.2, 0.25) is 0 Å². The predicted octanol–water partition coefficient (Wildman–Crippen LogP) is 4.36. The Labute approximate surface area is 212 Å². The maximum absolute atomic E-state index is 12.4. The summed E-state index contributed by atoms with van der Waals surface area (Å²) in [4.78, 5) is 19.3. The van der Waals surface area contributed by atoms with E-state index in [2.05, 4.69) is 21.6 Å². The van der Waals surface area contributed by atoms with Gasteiger partial charge in [0.15, 0.2) is 0 Å². The van der Waals surface area contributed by atoms with Gasteiger partial charge in [0.1, 0.15) is 5.75 Å². The molecule has 1 atom stereocenters. The van der Waals surface area contributed by atoms with Crippen LogP contribution in [0.1, 0.15) is 68.6 Å². The van der Waals surface area contributed by atoms with E-state index in [1.165, 1.54) is 25.7 Å². The van der Waals surface area contributed by atoms with E-state index >= 15 is 0 Å². The van der Waals surface area contributed by atoms with Gasteiger partial charge in [-0.3, -0.25) is 9.78 Å². The fourth-order valence-corrected chi connectivity index (χ4v) is 7.02. The molecule has 0 spiro atoms. The van der Waals surface area contributed by atoms with Gasteiger partial charge in [0.2, 0.25) is 0 Å². The molecule has 192 valence electrons. The number of hydrogen-bond donors (Lipinski definition) is 3. The van der Waals surface area contributed by atoms with Crippen LogP contribution in [-0.4, -0.2) is 63.8 Å². The largest absolute Gasteiger partial charge is 0.497 e. The van der Waals surface area contributed by atoms with Crippen LogP contribution >= 0.6 is 11.8 Å². The summed E-state index contributed by atoms with van der Waals surface area (Å²) in [5, 5.41) is 23.1. The highest BCUT2D eigenvalue weighted by Crippen LogP contribution is 2.40. The molecule has 1 unspecified atom stereocenters. The van der Waals surface area contributed by atoms with Crippen molar-refractivity contribution in [3.63, 3.8) is 0 Å². The highest BCUT2D eigenvalue weighted by molar-refractivity contribution is 7.99. The molecular formula is C27H39N3O4S. The Kier molecular flexibility index (Phi) is 8.92. The minimum Gasteiger partial charge on any atom is -0.497 e. The summed E-state index contributed by atoms with van der Waals surface area (Å²) >= 11 is 2.09. The number of carboxylic acids is 1. The molecule has 2 heterocycles. The summed E-state index contributed by atoms with van der Waals surface area (Å²) in [6.45, 7) is 2.89. The van der Waals surface area contributed by atoms with Crippen LogP contribution in [0.15, 0.2) is 24.4 Å². The Morgan fingerprint density at radius 3 is 2.71 bits per heavy atom. The average Bonchev–Trinajstić information content (AvgIpc) is 3.40. The minimum atomic E-state index is -0.816. The van der Waals surface area contributed by atoms with Gasteiger partial charge in [-0.25, -0.2) is 0 Å². The standard InChI is InChI=1S/C27H39N3O4S/c1-34-20-6-7-23-22(16-20)25(19(17-28)18-29-23)24(31)8-9-27(26(32)33)10-12-30(13-11-27)14-15-35-21-4-2-3-5-21/h6-7,16,18,21,24,31H,2-5,8-15,17,28H2,1H3,(H,32,33). The molecule has 1 aliphatic heterocycles. The van der Waals surface area contributed by atoms with Gasteiger partial charge in [-0.1, -0.05) is 12.8 Å². The minimum absolute atomic E-state index is 0.254. The molecule has 8 heteroatoms. The molecule has 0 radical (unpaired) electrons. The molecule has 1 aromatic carbocycles. The molecular weight excluding hydrogens is 462 g/mol. The number of hydrogen-bond acceptors (Lipinski definition) is 7. The van der Waals surface area contributed by atoms with Crippen molar-refractivity contribution in [3.05, 3.63) is 35.5 Å². The van der Waals surface area contributed by atoms with Crippen LogP contribution in [0.25, 0.3) is 10.9 Å². The van der Waals surface area contributed by atoms with E-state index < -0.39 is 17.5 Å². The summed E-state index contributed by atoms with van der Waals surface area (Å²) in [5.41, 5.74) is 7.45. The molecule has 7 nitrogen and oxygen atoms in total. The molecule has 4 N–H and O–H groups in total. The van der Waals surface area contributed by atoms with E-state index in [1.54, 1.807) is 13.3 Å². The SMILES string of the molecule is COc1ccc2ncc(CN)c(C(O)CCC3(C(=O)O)CCN(CCSC4CCCC4)CC3)c2c1. The number of thioether (sulfide) groups is 1. The van der Waals surface area contributed by atoms with E-state index in [9.17, 15) is 15.0 Å². The van der Waals surface area contributed by atoms with Gasteiger partial charge >= 0.3 is 5.97 Å². The fourth-order valence-electron chi connectivity index (χ4n) is 5.65. The number of rotatable bonds is 11. The van der Waals surface area contributed by atoms with Gasteiger partial charge in [0, 0.05) is 35.7 Å². The van der Waals surface area contributed by atoms with Gasteiger partial charge in [0.05, 0.1) is 24.1 Å². The Morgan fingerprint density at radius 2 is 2.06 bits per heavy atom. The Balaban J connectivity index is 1.40. The second-order valence-corrected chi connectivity index (χ2v) is 11.5. The van der Waals surface area contributed by atoms with E-state index in [0.29, 0.717) is 31.4 Å². The molecule has 1 aliphatic carbocycles. The molecule has 4 rings (SSSR count). The molecule has 1 saturated carbocycles. The number of pyridine rings is 1. The lowest BCUT2D eigenvalue weighted by Gasteiger charge is -2.39. The first-order chi connectivity index (χ1) is 17.0. The average molecular weight is 502 g/mol. The molecule has 35 heavy (non-hydrogen) atoms. The molecule has 2 fully saturated rings. The molecule has 1 aromatic heterocycles. The lowest BCUT2D eigenvalue weighted by Crippen LogP contribution is -2.45. The number of carboxylic acid groups (broad SMARTS) is 1. The normalized spacial score (nSPS) is 19.7. The zero-order chi connectivity index (χ0) is 24.8. The van der Waals surface area contributed by atoms with Crippen molar-refractivity contribution in [2.75, 3.05) is 32.5 Å². The number of nitrogens with zero attached hydrogens (tertiary/aromatic N) is 2. The number of nitrogens with two attached hydrogens (primary N) is 1. The van der Waals surface area contributed by atoms with E-state index in [1.807, 2.05) is 18.2 Å². The lowest BCUT2D eigenvalue weighted by molar-refractivity contribution is -0.153. The first-order valence-electron chi connectivity index (χ1n) is 12.9. The Morgan fingerprint density at radius 1 is 1.31 bits per heavy atom. The maximum Gasteiger partial charge on any atom is 0.309 e. The van der Waals surface area contributed by atoms with Crippen molar-refractivity contribution in [1.82, 2.24) is 9.88 Å². The van der Waals surface area contributed by atoms with Crippen LogP contribution in [0.4, 0.5) is 0 Å². The molecule has 2 aliphatic rings. The first kappa shape index (κ1) is 26.2.